The van der Waals surface area contributed by atoms with Crippen LogP contribution in [0.1, 0.15) is 30.1 Å². The molecule has 0 saturated carbocycles. The van der Waals surface area contributed by atoms with E-state index in [2.05, 4.69) is 5.32 Å². The monoisotopic (exact) mass is 415 g/mol. The summed E-state index contributed by atoms with van der Waals surface area (Å²) >= 11 is 0. The summed E-state index contributed by atoms with van der Waals surface area (Å²) in [6.07, 6.45) is 3.98. The van der Waals surface area contributed by atoms with Crippen LogP contribution in [0.15, 0.2) is 42.5 Å². The lowest BCUT2D eigenvalue weighted by molar-refractivity contribution is -0.199. The Morgan fingerprint density at radius 1 is 1.23 bits per heavy atom. The Labute approximate surface area is 174 Å². The molecule has 160 valence electrons. The number of rotatable bonds is 7. The van der Waals surface area contributed by atoms with E-state index in [0.717, 1.165) is 5.06 Å². The van der Waals surface area contributed by atoms with Gasteiger partial charge in [0, 0.05) is 12.1 Å². The fourth-order valence-electron chi connectivity index (χ4n) is 3.34. The van der Waals surface area contributed by atoms with Crippen LogP contribution in [-0.4, -0.2) is 72.0 Å². The van der Waals surface area contributed by atoms with E-state index in [4.69, 9.17) is 9.57 Å². The minimum Gasteiger partial charge on any atom is -0.463 e. The summed E-state index contributed by atoms with van der Waals surface area (Å²) < 4.78 is 4.92. The SMILES string of the molecule is CCON(C(=O)CN1CC=CCC(NC(=O)c2ccccc2)C1=O)C1COC(=O)C1. The number of nitrogens with one attached hydrogen (secondary N) is 1. The predicted molar refractivity (Wildman–Crippen MR) is 106 cm³/mol. The van der Waals surface area contributed by atoms with E-state index in [1.54, 1.807) is 43.3 Å². The summed E-state index contributed by atoms with van der Waals surface area (Å²) in [7, 11) is 0. The van der Waals surface area contributed by atoms with E-state index in [9.17, 15) is 19.2 Å². The third-order valence-corrected chi connectivity index (χ3v) is 4.83. The molecule has 9 nitrogen and oxygen atoms in total. The van der Waals surface area contributed by atoms with Gasteiger partial charge in [-0.25, -0.2) is 5.06 Å². The average molecular weight is 415 g/mol. The number of nitrogens with zero attached hydrogens (tertiary/aromatic N) is 2. The van der Waals surface area contributed by atoms with Crippen LogP contribution in [0.3, 0.4) is 0 Å². The Morgan fingerprint density at radius 2 is 2.00 bits per heavy atom. The zero-order chi connectivity index (χ0) is 21.5. The van der Waals surface area contributed by atoms with Crippen molar-refractivity contribution in [1.82, 2.24) is 15.3 Å². The maximum atomic E-state index is 13.0. The molecule has 2 aliphatic heterocycles. The molecule has 0 aliphatic carbocycles. The second-order valence-corrected chi connectivity index (χ2v) is 7.00. The van der Waals surface area contributed by atoms with Gasteiger partial charge in [0.2, 0.25) is 5.91 Å². The number of carbonyl (C=O) groups excluding carboxylic acids is 4. The number of esters is 1. The highest BCUT2D eigenvalue weighted by molar-refractivity contribution is 5.98. The highest BCUT2D eigenvalue weighted by Crippen LogP contribution is 2.16. The topological polar surface area (TPSA) is 105 Å². The number of cyclic esters (lactones) is 1. The van der Waals surface area contributed by atoms with E-state index >= 15 is 0 Å². The molecular formula is C21H25N3O6. The molecule has 0 radical (unpaired) electrons. The van der Waals surface area contributed by atoms with E-state index < -0.39 is 24.0 Å². The van der Waals surface area contributed by atoms with Crippen molar-refractivity contribution >= 4 is 23.7 Å². The first kappa shape index (κ1) is 21.5. The maximum Gasteiger partial charge on any atom is 0.308 e. The molecule has 0 spiro atoms. The van der Waals surface area contributed by atoms with Crippen LogP contribution in [0, 0.1) is 0 Å². The molecular weight excluding hydrogens is 390 g/mol. The number of hydrogen-bond donors (Lipinski definition) is 1. The van der Waals surface area contributed by atoms with Gasteiger partial charge in [-0.2, -0.15) is 0 Å². The summed E-state index contributed by atoms with van der Waals surface area (Å²) in [4.78, 5) is 56.5. The smallest absolute Gasteiger partial charge is 0.308 e. The average Bonchev–Trinajstić information content (AvgIpc) is 3.11. The van der Waals surface area contributed by atoms with Crippen molar-refractivity contribution in [3.63, 3.8) is 0 Å². The van der Waals surface area contributed by atoms with Gasteiger partial charge in [0.05, 0.1) is 13.0 Å². The van der Waals surface area contributed by atoms with Crippen molar-refractivity contribution in [3.8, 4) is 0 Å². The summed E-state index contributed by atoms with van der Waals surface area (Å²) in [5.74, 6) is -1.55. The highest BCUT2D eigenvalue weighted by atomic mass is 16.7. The van der Waals surface area contributed by atoms with Gasteiger partial charge in [0.25, 0.3) is 11.8 Å². The predicted octanol–water partition coefficient (Wildman–Crippen LogP) is 0.669. The molecule has 1 aromatic carbocycles. The summed E-state index contributed by atoms with van der Waals surface area (Å²) in [6.45, 7) is 2.04. The minimum atomic E-state index is -0.777. The van der Waals surface area contributed by atoms with Gasteiger partial charge in [-0.3, -0.25) is 24.0 Å². The molecule has 1 saturated heterocycles. The van der Waals surface area contributed by atoms with E-state index in [-0.39, 0.29) is 44.5 Å². The Bertz CT molecular complexity index is 825. The first-order chi connectivity index (χ1) is 14.5. The van der Waals surface area contributed by atoms with Crippen molar-refractivity contribution in [3.05, 3.63) is 48.0 Å². The number of hydroxylamine groups is 2. The minimum absolute atomic E-state index is 0.0509. The molecule has 30 heavy (non-hydrogen) atoms. The number of carbonyl (C=O) groups is 4. The van der Waals surface area contributed by atoms with Crippen LogP contribution in [0.4, 0.5) is 0 Å². The molecule has 3 amide bonds. The van der Waals surface area contributed by atoms with Crippen LogP contribution >= 0.6 is 0 Å². The van der Waals surface area contributed by atoms with Gasteiger partial charge in [-0.1, -0.05) is 30.4 Å². The molecule has 1 aromatic rings. The van der Waals surface area contributed by atoms with Gasteiger partial charge < -0.3 is 15.0 Å². The van der Waals surface area contributed by atoms with Crippen molar-refractivity contribution in [2.45, 2.75) is 31.8 Å². The summed E-state index contributed by atoms with van der Waals surface area (Å²) in [5, 5.41) is 3.87. The highest BCUT2D eigenvalue weighted by Gasteiger charge is 2.35. The Balaban J connectivity index is 1.66. The normalized spacial score (nSPS) is 21.2. The molecule has 1 N–H and O–H groups in total. The number of benzene rings is 1. The van der Waals surface area contributed by atoms with Crippen molar-refractivity contribution in [1.29, 1.82) is 0 Å². The Hall–Kier alpha value is -3.20. The summed E-state index contributed by atoms with van der Waals surface area (Å²) in [5.41, 5.74) is 0.453. The largest absolute Gasteiger partial charge is 0.463 e. The molecule has 2 aliphatic rings. The molecule has 2 heterocycles. The van der Waals surface area contributed by atoms with Gasteiger partial charge in [-0.05, 0) is 25.5 Å². The molecule has 3 rings (SSSR count). The second kappa shape index (κ2) is 10.0. The Morgan fingerprint density at radius 3 is 2.67 bits per heavy atom. The standard InChI is InChI=1S/C21H25N3O6/c1-2-30-24(16-12-19(26)29-14-16)18(25)13-23-11-7-6-10-17(21(23)28)22-20(27)15-8-4-3-5-9-15/h3-9,16-17H,2,10-14H2,1H3,(H,22,27). The second-order valence-electron chi connectivity index (χ2n) is 7.00. The lowest BCUT2D eigenvalue weighted by Gasteiger charge is -2.29. The third kappa shape index (κ3) is 5.24. The molecule has 0 bridgehead atoms. The van der Waals surface area contributed by atoms with Crippen LogP contribution in [0.5, 0.6) is 0 Å². The van der Waals surface area contributed by atoms with E-state index in [1.165, 1.54) is 4.90 Å². The molecule has 2 unspecified atom stereocenters. The maximum absolute atomic E-state index is 13.0. The number of ether oxygens (including phenoxy) is 1. The van der Waals surface area contributed by atoms with Crippen LogP contribution in [0.2, 0.25) is 0 Å². The lowest BCUT2D eigenvalue weighted by Crippen LogP contribution is -2.52. The lowest BCUT2D eigenvalue weighted by atomic mass is 10.1. The summed E-state index contributed by atoms with van der Waals surface area (Å²) in [6, 6.07) is 7.33. The molecule has 1 fully saturated rings. The van der Waals surface area contributed by atoms with Crippen LogP contribution in [-0.2, 0) is 24.0 Å². The fraction of sp³-hybridized carbons (Fsp3) is 0.429. The quantitative estimate of drug-likeness (QED) is 0.399. The van der Waals surface area contributed by atoms with Crippen molar-refractivity contribution in [2.75, 3.05) is 26.3 Å². The van der Waals surface area contributed by atoms with E-state index in [0.29, 0.717) is 12.0 Å². The van der Waals surface area contributed by atoms with Gasteiger partial charge >= 0.3 is 5.97 Å². The molecule has 9 heteroatoms. The number of hydrogen-bond acceptors (Lipinski definition) is 6. The van der Waals surface area contributed by atoms with Crippen molar-refractivity contribution < 1.29 is 28.8 Å². The fourth-order valence-corrected chi connectivity index (χ4v) is 3.34. The zero-order valence-corrected chi connectivity index (χ0v) is 16.8. The first-order valence-corrected chi connectivity index (χ1v) is 9.90. The number of amides is 3. The van der Waals surface area contributed by atoms with Crippen molar-refractivity contribution in [2.24, 2.45) is 0 Å². The van der Waals surface area contributed by atoms with Gasteiger partial charge in [0.1, 0.15) is 25.2 Å². The van der Waals surface area contributed by atoms with Crippen LogP contribution in [0.25, 0.3) is 0 Å². The van der Waals surface area contributed by atoms with Gasteiger partial charge in [-0.15, -0.1) is 0 Å². The van der Waals surface area contributed by atoms with Gasteiger partial charge in [0.15, 0.2) is 0 Å². The molecule has 0 aromatic heterocycles. The van der Waals surface area contributed by atoms with Crippen LogP contribution < -0.4 is 5.32 Å². The van der Waals surface area contributed by atoms with E-state index in [1.807, 2.05) is 6.08 Å². The zero-order valence-electron chi connectivity index (χ0n) is 16.8. The Kier molecular flexibility index (Phi) is 7.18. The third-order valence-electron chi connectivity index (χ3n) is 4.83. The first-order valence-electron chi connectivity index (χ1n) is 9.90. The molecule has 2 atom stereocenters.